The number of anilines is 1. The van der Waals surface area contributed by atoms with Gasteiger partial charge in [-0.05, 0) is 43.5 Å². The van der Waals surface area contributed by atoms with E-state index in [0.717, 1.165) is 36.3 Å². The average molecular weight is 464 g/mol. The van der Waals surface area contributed by atoms with Crippen LogP contribution in [0.25, 0.3) is 0 Å². The van der Waals surface area contributed by atoms with Gasteiger partial charge >= 0.3 is 6.03 Å². The molecular weight excluding hydrogens is 441 g/mol. The molecular formula is C22H23Cl2N3O2S. The van der Waals surface area contributed by atoms with E-state index in [2.05, 4.69) is 5.32 Å². The first kappa shape index (κ1) is 21.3. The number of likely N-dealkylation sites (tertiary alicyclic amines) is 1. The maximum absolute atomic E-state index is 13.3. The number of nitrogens with one attached hydrogen (secondary N) is 1. The van der Waals surface area contributed by atoms with Crippen molar-refractivity contribution in [3.05, 3.63) is 63.6 Å². The first-order valence-electron chi connectivity index (χ1n) is 9.93. The van der Waals surface area contributed by atoms with Gasteiger partial charge in [-0.1, -0.05) is 47.5 Å². The van der Waals surface area contributed by atoms with Crippen LogP contribution >= 0.6 is 35.0 Å². The second-order valence-electron chi connectivity index (χ2n) is 7.58. The summed E-state index contributed by atoms with van der Waals surface area (Å²) in [5.74, 6) is 1.00. The van der Waals surface area contributed by atoms with Crippen molar-refractivity contribution in [1.82, 2.24) is 9.80 Å². The number of hydrogen-bond donors (Lipinski definition) is 1. The van der Waals surface area contributed by atoms with Gasteiger partial charge in [-0.3, -0.25) is 4.79 Å². The van der Waals surface area contributed by atoms with Gasteiger partial charge in [0.2, 0.25) is 0 Å². The SMILES string of the molecule is Cc1ccccc1C(=O)N1CCSC12CCN(C(=O)Nc1cccc(Cl)c1Cl)CC2. The predicted molar refractivity (Wildman–Crippen MR) is 124 cm³/mol. The first-order chi connectivity index (χ1) is 14.4. The molecule has 1 N–H and O–H groups in total. The lowest BCUT2D eigenvalue weighted by Gasteiger charge is -2.44. The molecule has 0 atom stereocenters. The molecule has 4 rings (SSSR count). The van der Waals surface area contributed by atoms with Crippen molar-refractivity contribution in [2.45, 2.75) is 24.6 Å². The molecule has 0 radical (unpaired) electrons. The molecule has 30 heavy (non-hydrogen) atoms. The van der Waals surface area contributed by atoms with Crippen LogP contribution in [0.15, 0.2) is 42.5 Å². The Hall–Kier alpha value is -1.89. The summed E-state index contributed by atoms with van der Waals surface area (Å²) in [4.78, 5) is 29.5. The summed E-state index contributed by atoms with van der Waals surface area (Å²) in [6.45, 7) is 3.86. The van der Waals surface area contributed by atoms with Crippen molar-refractivity contribution in [2.24, 2.45) is 0 Å². The summed E-state index contributed by atoms with van der Waals surface area (Å²) in [5, 5.41) is 3.59. The molecule has 0 unspecified atom stereocenters. The number of nitrogens with zero attached hydrogens (tertiary/aromatic N) is 2. The van der Waals surface area contributed by atoms with Crippen LogP contribution in [0.3, 0.4) is 0 Å². The summed E-state index contributed by atoms with van der Waals surface area (Å²) in [6.07, 6.45) is 1.48. The number of aryl methyl sites for hydroxylation is 1. The van der Waals surface area contributed by atoms with Gasteiger partial charge in [0.25, 0.3) is 5.91 Å². The third kappa shape index (κ3) is 4.01. The molecule has 3 amide bonds. The number of piperidine rings is 1. The lowest BCUT2D eigenvalue weighted by atomic mass is 10.00. The standard InChI is InChI=1S/C22H23Cl2N3O2S/c1-15-5-2-3-6-16(15)20(28)27-13-14-30-22(27)9-11-26(12-10-22)21(29)25-18-8-4-7-17(23)19(18)24/h2-8H,9-14H2,1H3,(H,25,29). The molecule has 2 aliphatic rings. The predicted octanol–water partition coefficient (Wildman–Crippen LogP) is 5.52. The van der Waals surface area contributed by atoms with E-state index in [-0.39, 0.29) is 16.8 Å². The number of benzene rings is 2. The minimum absolute atomic E-state index is 0.0849. The third-order valence-electron chi connectivity index (χ3n) is 5.82. The molecule has 2 aromatic rings. The topological polar surface area (TPSA) is 52.7 Å². The lowest BCUT2D eigenvalue weighted by Crippen LogP contribution is -2.54. The van der Waals surface area contributed by atoms with Gasteiger partial charge in [0.1, 0.15) is 0 Å². The quantitative estimate of drug-likeness (QED) is 0.637. The van der Waals surface area contributed by atoms with E-state index in [1.54, 1.807) is 23.1 Å². The van der Waals surface area contributed by atoms with Gasteiger partial charge in [0, 0.05) is 31.0 Å². The number of amides is 3. The Morgan fingerprint density at radius 1 is 1.03 bits per heavy atom. The van der Waals surface area contributed by atoms with E-state index in [4.69, 9.17) is 23.2 Å². The van der Waals surface area contributed by atoms with Crippen molar-refractivity contribution in [1.29, 1.82) is 0 Å². The van der Waals surface area contributed by atoms with Crippen LogP contribution in [0.1, 0.15) is 28.8 Å². The molecule has 0 saturated carbocycles. The number of carbonyl (C=O) groups excluding carboxylic acids is 2. The summed E-state index contributed by atoms with van der Waals surface area (Å²) >= 11 is 14.1. The Labute approximate surface area is 190 Å². The summed E-state index contributed by atoms with van der Waals surface area (Å²) < 4.78 is 0. The van der Waals surface area contributed by atoms with Crippen molar-refractivity contribution >= 4 is 52.6 Å². The van der Waals surface area contributed by atoms with Crippen molar-refractivity contribution in [2.75, 3.05) is 30.7 Å². The third-order valence-corrected chi connectivity index (χ3v) is 8.19. The molecule has 8 heteroatoms. The van der Waals surface area contributed by atoms with Crippen molar-refractivity contribution in [3.8, 4) is 0 Å². The molecule has 5 nitrogen and oxygen atoms in total. The van der Waals surface area contributed by atoms with E-state index < -0.39 is 0 Å². The van der Waals surface area contributed by atoms with E-state index in [1.807, 2.05) is 47.9 Å². The Bertz CT molecular complexity index is 977. The largest absolute Gasteiger partial charge is 0.324 e. The lowest BCUT2D eigenvalue weighted by molar-refractivity contribution is 0.0585. The number of halogens is 2. The van der Waals surface area contributed by atoms with Gasteiger partial charge in [-0.15, -0.1) is 11.8 Å². The monoisotopic (exact) mass is 463 g/mol. The maximum atomic E-state index is 13.3. The maximum Gasteiger partial charge on any atom is 0.321 e. The number of thioether (sulfide) groups is 1. The molecule has 0 aliphatic carbocycles. The molecule has 2 aliphatic heterocycles. The number of hydrogen-bond acceptors (Lipinski definition) is 3. The van der Waals surface area contributed by atoms with Crippen LogP contribution in [0, 0.1) is 6.92 Å². The average Bonchev–Trinajstić information content (AvgIpc) is 3.14. The van der Waals surface area contributed by atoms with Crippen LogP contribution < -0.4 is 5.32 Å². The van der Waals surface area contributed by atoms with Crippen molar-refractivity contribution < 1.29 is 9.59 Å². The van der Waals surface area contributed by atoms with Gasteiger partial charge in [-0.2, -0.15) is 0 Å². The summed E-state index contributed by atoms with van der Waals surface area (Å²) in [6, 6.07) is 12.7. The van der Waals surface area contributed by atoms with E-state index in [9.17, 15) is 9.59 Å². The molecule has 1 spiro atoms. The van der Waals surface area contributed by atoms with Crippen LogP contribution in [0.4, 0.5) is 10.5 Å². The Kier molecular flexibility index (Phi) is 6.19. The number of urea groups is 1. The zero-order valence-corrected chi connectivity index (χ0v) is 19.0. The summed E-state index contributed by atoms with van der Waals surface area (Å²) in [7, 11) is 0. The molecule has 2 fully saturated rings. The zero-order chi connectivity index (χ0) is 21.3. The molecule has 2 aromatic carbocycles. The fourth-order valence-electron chi connectivity index (χ4n) is 4.12. The molecule has 0 bridgehead atoms. The minimum atomic E-state index is -0.246. The van der Waals surface area contributed by atoms with Gasteiger partial charge in [0.15, 0.2) is 0 Å². The van der Waals surface area contributed by atoms with Crippen LogP contribution in [0.2, 0.25) is 10.0 Å². The second-order valence-corrected chi connectivity index (χ2v) is 9.83. The van der Waals surface area contributed by atoms with E-state index in [0.29, 0.717) is 28.8 Å². The van der Waals surface area contributed by atoms with Gasteiger partial charge in [-0.25, -0.2) is 4.79 Å². The van der Waals surface area contributed by atoms with Crippen LogP contribution in [-0.4, -0.2) is 52.0 Å². The first-order valence-corrected chi connectivity index (χ1v) is 11.7. The Morgan fingerprint density at radius 2 is 1.77 bits per heavy atom. The molecule has 158 valence electrons. The van der Waals surface area contributed by atoms with Gasteiger partial charge < -0.3 is 15.1 Å². The van der Waals surface area contributed by atoms with E-state index in [1.165, 1.54) is 0 Å². The summed E-state index contributed by atoms with van der Waals surface area (Å²) in [5.41, 5.74) is 2.25. The fourth-order valence-corrected chi connectivity index (χ4v) is 5.92. The van der Waals surface area contributed by atoms with Gasteiger partial charge in [0.05, 0.1) is 20.6 Å². The normalized spacial score (nSPS) is 18.0. The van der Waals surface area contributed by atoms with Crippen LogP contribution in [-0.2, 0) is 0 Å². The molecule has 0 aromatic heterocycles. The zero-order valence-electron chi connectivity index (χ0n) is 16.7. The Morgan fingerprint density at radius 3 is 2.50 bits per heavy atom. The van der Waals surface area contributed by atoms with Crippen molar-refractivity contribution in [3.63, 3.8) is 0 Å². The number of rotatable bonds is 2. The highest BCUT2D eigenvalue weighted by Gasteiger charge is 2.47. The Balaban J connectivity index is 1.44. The number of carbonyl (C=O) groups is 2. The minimum Gasteiger partial charge on any atom is -0.324 e. The smallest absolute Gasteiger partial charge is 0.321 e. The molecule has 2 saturated heterocycles. The fraction of sp³-hybridized carbons (Fsp3) is 0.364. The highest BCUT2D eigenvalue weighted by Crippen LogP contribution is 2.44. The highest BCUT2D eigenvalue weighted by molar-refractivity contribution is 8.00. The second kappa shape index (κ2) is 8.69. The van der Waals surface area contributed by atoms with E-state index >= 15 is 0 Å². The molecule has 2 heterocycles. The van der Waals surface area contributed by atoms with Crippen LogP contribution in [0.5, 0.6) is 0 Å². The highest BCUT2D eigenvalue weighted by atomic mass is 35.5.